The van der Waals surface area contributed by atoms with E-state index in [0.29, 0.717) is 11.9 Å². The van der Waals surface area contributed by atoms with Gasteiger partial charge in [0.25, 0.3) is 5.95 Å². The highest BCUT2D eigenvalue weighted by Crippen LogP contribution is 2.26. The molecule has 1 fully saturated rings. The Morgan fingerprint density at radius 3 is 2.59 bits per heavy atom. The van der Waals surface area contributed by atoms with Crippen LogP contribution in [0.25, 0.3) is 0 Å². The van der Waals surface area contributed by atoms with Crippen LogP contribution in [0.4, 0.5) is 0 Å². The molecule has 1 atom stereocenters. The van der Waals surface area contributed by atoms with Gasteiger partial charge in [-0.15, -0.1) is 0 Å². The molecule has 1 aliphatic rings. The monoisotopic (exact) mass is 301 g/mol. The Balaban J connectivity index is 1.52. The van der Waals surface area contributed by atoms with Gasteiger partial charge in [-0.1, -0.05) is 18.2 Å². The van der Waals surface area contributed by atoms with Crippen LogP contribution >= 0.6 is 0 Å². The van der Waals surface area contributed by atoms with Crippen LogP contribution in [0.5, 0.6) is 11.7 Å². The fourth-order valence-electron chi connectivity index (χ4n) is 2.92. The number of benzene rings is 1. The van der Waals surface area contributed by atoms with Crippen LogP contribution in [0, 0.1) is 5.92 Å². The molecule has 0 amide bonds. The number of para-hydroxylation sites is 1. The van der Waals surface area contributed by atoms with Crippen molar-refractivity contribution < 1.29 is 14.3 Å². The molecule has 22 heavy (non-hydrogen) atoms. The van der Waals surface area contributed by atoms with E-state index in [-0.39, 0.29) is 6.10 Å². The SMILES string of the molecule is CC(O)C1CCN(Cc2ccc(Oc3ccccc3)o2)CC1. The molecule has 1 saturated heterocycles. The average molecular weight is 301 g/mol. The minimum absolute atomic E-state index is 0.198. The Hall–Kier alpha value is -1.78. The maximum absolute atomic E-state index is 9.64. The van der Waals surface area contributed by atoms with E-state index < -0.39 is 0 Å². The second-order valence-corrected chi connectivity index (χ2v) is 5.99. The van der Waals surface area contributed by atoms with Gasteiger partial charge in [0.15, 0.2) is 0 Å². The summed E-state index contributed by atoms with van der Waals surface area (Å²) in [5.41, 5.74) is 0. The van der Waals surface area contributed by atoms with E-state index in [1.807, 2.05) is 49.4 Å². The maximum atomic E-state index is 9.64. The summed E-state index contributed by atoms with van der Waals surface area (Å²) in [7, 11) is 0. The summed E-state index contributed by atoms with van der Waals surface area (Å²) < 4.78 is 11.4. The molecule has 1 aliphatic heterocycles. The van der Waals surface area contributed by atoms with Crippen molar-refractivity contribution in [2.24, 2.45) is 5.92 Å². The van der Waals surface area contributed by atoms with Gasteiger partial charge >= 0.3 is 0 Å². The minimum Gasteiger partial charge on any atom is -0.429 e. The summed E-state index contributed by atoms with van der Waals surface area (Å²) in [5, 5.41) is 9.64. The molecule has 1 unspecified atom stereocenters. The topological polar surface area (TPSA) is 45.8 Å². The summed E-state index contributed by atoms with van der Waals surface area (Å²) in [5.74, 6) is 2.66. The molecule has 4 nitrogen and oxygen atoms in total. The summed E-state index contributed by atoms with van der Waals surface area (Å²) in [6, 6.07) is 13.5. The summed E-state index contributed by atoms with van der Waals surface area (Å²) in [4.78, 5) is 2.37. The first-order chi connectivity index (χ1) is 10.7. The van der Waals surface area contributed by atoms with E-state index in [2.05, 4.69) is 4.90 Å². The highest BCUT2D eigenvalue weighted by molar-refractivity contribution is 5.26. The van der Waals surface area contributed by atoms with Crippen LogP contribution in [0.3, 0.4) is 0 Å². The lowest BCUT2D eigenvalue weighted by molar-refractivity contribution is 0.0670. The normalized spacial score (nSPS) is 18.3. The average Bonchev–Trinajstić information content (AvgIpc) is 2.96. The van der Waals surface area contributed by atoms with Crippen molar-refractivity contribution in [1.82, 2.24) is 4.90 Å². The number of hydrogen-bond donors (Lipinski definition) is 1. The van der Waals surface area contributed by atoms with Crippen molar-refractivity contribution >= 4 is 0 Å². The summed E-state index contributed by atoms with van der Waals surface area (Å²) in [6.07, 6.45) is 1.90. The maximum Gasteiger partial charge on any atom is 0.290 e. The minimum atomic E-state index is -0.198. The lowest BCUT2D eigenvalue weighted by atomic mass is 9.92. The van der Waals surface area contributed by atoms with Crippen molar-refractivity contribution in [2.45, 2.75) is 32.4 Å². The molecule has 3 rings (SSSR count). The number of nitrogens with zero attached hydrogens (tertiary/aromatic N) is 1. The molecule has 1 N–H and O–H groups in total. The third-order valence-electron chi connectivity index (χ3n) is 4.29. The third-order valence-corrected chi connectivity index (χ3v) is 4.29. The molecule has 0 saturated carbocycles. The van der Waals surface area contributed by atoms with Gasteiger partial charge in [-0.25, -0.2) is 0 Å². The quantitative estimate of drug-likeness (QED) is 0.915. The zero-order valence-electron chi connectivity index (χ0n) is 12.9. The fraction of sp³-hybridized carbons (Fsp3) is 0.444. The lowest BCUT2D eigenvalue weighted by Crippen LogP contribution is -2.36. The molecule has 1 aromatic heterocycles. The predicted octanol–water partition coefficient (Wildman–Crippen LogP) is 3.66. The van der Waals surface area contributed by atoms with Gasteiger partial charge in [-0.05, 0) is 57.0 Å². The highest BCUT2D eigenvalue weighted by atomic mass is 16.6. The Bertz CT molecular complexity index is 571. The lowest BCUT2D eigenvalue weighted by Gasteiger charge is -2.32. The van der Waals surface area contributed by atoms with E-state index in [9.17, 15) is 5.11 Å². The molecule has 118 valence electrons. The van der Waals surface area contributed by atoms with Crippen LogP contribution in [-0.4, -0.2) is 29.2 Å². The predicted molar refractivity (Wildman–Crippen MR) is 84.9 cm³/mol. The van der Waals surface area contributed by atoms with Crippen LogP contribution < -0.4 is 4.74 Å². The van der Waals surface area contributed by atoms with E-state index in [1.165, 1.54) is 0 Å². The number of ether oxygens (including phenoxy) is 1. The van der Waals surface area contributed by atoms with Gasteiger partial charge < -0.3 is 14.3 Å². The Morgan fingerprint density at radius 1 is 1.18 bits per heavy atom. The molecule has 0 radical (unpaired) electrons. The van der Waals surface area contributed by atoms with Gasteiger partial charge in [0.1, 0.15) is 11.5 Å². The molecule has 1 aromatic carbocycles. The van der Waals surface area contributed by atoms with E-state index >= 15 is 0 Å². The number of rotatable bonds is 5. The van der Waals surface area contributed by atoms with Crippen molar-refractivity contribution in [2.75, 3.05) is 13.1 Å². The van der Waals surface area contributed by atoms with Gasteiger partial charge in [-0.2, -0.15) is 0 Å². The Morgan fingerprint density at radius 2 is 1.91 bits per heavy atom. The largest absolute Gasteiger partial charge is 0.429 e. The van der Waals surface area contributed by atoms with Crippen molar-refractivity contribution in [3.8, 4) is 11.7 Å². The van der Waals surface area contributed by atoms with Gasteiger partial charge in [0.05, 0.1) is 12.6 Å². The van der Waals surface area contributed by atoms with Gasteiger partial charge in [-0.3, -0.25) is 4.90 Å². The molecule has 0 spiro atoms. The zero-order chi connectivity index (χ0) is 15.4. The molecular weight excluding hydrogens is 278 g/mol. The van der Waals surface area contributed by atoms with Crippen molar-refractivity contribution in [3.05, 3.63) is 48.2 Å². The summed E-state index contributed by atoms with van der Waals surface area (Å²) in [6.45, 7) is 4.70. The fourth-order valence-corrected chi connectivity index (χ4v) is 2.92. The van der Waals surface area contributed by atoms with E-state index in [1.54, 1.807) is 0 Å². The van der Waals surface area contributed by atoms with Crippen LogP contribution in [0.1, 0.15) is 25.5 Å². The molecule has 0 aliphatic carbocycles. The molecule has 0 bridgehead atoms. The number of hydrogen-bond acceptors (Lipinski definition) is 4. The van der Waals surface area contributed by atoms with Crippen molar-refractivity contribution in [1.29, 1.82) is 0 Å². The molecule has 4 heteroatoms. The smallest absolute Gasteiger partial charge is 0.290 e. The molecule has 2 heterocycles. The van der Waals surface area contributed by atoms with Gasteiger partial charge in [0.2, 0.25) is 0 Å². The molecule has 2 aromatic rings. The second-order valence-electron chi connectivity index (χ2n) is 5.99. The number of piperidine rings is 1. The van der Waals surface area contributed by atoms with Crippen molar-refractivity contribution in [3.63, 3.8) is 0 Å². The van der Waals surface area contributed by atoms with Gasteiger partial charge in [0, 0.05) is 6.07 Å². The number of furan rings is 1. The summed E-state index contributed by atoms with van der Waals surface area (Å²) >= 11 is 0. The zero-order valence-corrected chi connectivity index (χ0v) is 12.9. The van der Waals surface area contributed by atoms with E-state index in [0.717, 1.165) is 44.0 Å². The van der Waals surface area contributed by atoms with E-state index in [4.69, 9.17) is 9.15 Å². The second kappa shape index (κ2) is 6.99. The highest BCUT2D eigenvalue weighted by Gasteiger charge is 2.23. The first kappa shape index (κ1) is 15.1. The Labute approximate surface area is 131 Å². The van der Waals surface area contributed by atoms with Crippen LogP contribution in [0.2, 0.25) is 0 Å². The number of aliphatic hydroxyl groups excluding tert-OH is 1. The Kier molecular flexibility index (Phi) is 4.80. The number of likely N-dealkylation sites (tertiary alicyclic amines) is 1. The number of aliphatic hydroxyl groups is 1. The van der Waals surface area contributed by atoms with Crippen LogP contribution in [0.15, 0.2) is 46.9 Å². The first-order valence-corrected chi connectivity index (χ1v) is 7.93. The standard InChI is InChI=1S/C18H23NO3/c1-14(20)15-9-11-19(12-10-15)13-17-7-8-18(22-17)21-16-5-3-2-4-6-16/h2-8,14-15,20H,9-13H2,1H3. The molecular formula is C18H23NO3. The first-order valence-electron chi connectivity index (χ1n) is 7.93. The third kappa shape index (κ3) is 3.90. The van der Waals surface area contributed by atoms with Crippen LogP contribution in [-0.2, 0) is 6.54 Å².